The van der Waals surface area contributed by atoms with Crippen molar-refractivity contribution in [3.63, 3.8) is 0 Å². The zero-order valence-electron chi connectivity index (χ0n) is 18.7. The minimum atomic E-state index is -1.05. The van der Waals surface area contributed by atoms with E-state index in [1.54, 1.807) is 13.8 Å². The second kappa shape index (κ2) is 13.2. The van der Waals surface area contributed by atoms with Gasteiger partial charge in [-0.05, 0) is 53.5 Å². The summed E-state index contributed by atoms with van der Waals surface area (Å²) in [6.07, 6.45) is 5.69. The molecule has 0 aliphatic heterocycles. The number of nitrogens with two attached hydrogens (primary N) is 1. The molecule has 0 fully saturated rings. The Bertz CT molecular complexity index is 842. The molecule has 1 rings (SSSR count). The largest absolute Gasteiger partial charge is 0.485 e. The summed E-state index contributed by atoms with van der Waals surface area (Å²) in [5, 5.41) is 1.93. The van der Waals surface area contributed by atoms with E-state index in [-0.39, 0.29) is 36.4 Å². The molecule has 31 heavy (non-hydrogen) atoms. The molecule has 0 saturated heterocycles. The number of esters is 1. The quantitative estimate of drug-likeness (QED) is 0.425. The number of hydrogen-bond acceptors (Lipinski definition) is 8. The van der Waals surface area contributed by atoms with Crippen molar-refractivity contribution in [1.29, 1.82) is 0 Å². The first-order chi connectivity index (χ1) is 14.6. The highest BCUT2D eigenvalue weighted by atomic mass is 16.6. The number of imide groups is 1. The minimum Gasteiger partial charge on any atom is -0.485 e. The summed E-state index contributed by atoms with van der Waals surface area (Å²) in [5.74, 6) is -1.43. The van der Waals surface area contributed by atoms with Gasteiger partial charge in [-0.2, -0.15) is 0 Å². The number of carbonyl (C=O) groups is 3. The molecule has 1 aromatic heterocycles. The molecule has 2 amide bonds. The molecular formula is C22H31N3O6. The highest BCUT2D eigenvalue weighted by molar-refractivity contribution is 5.93. The maximum absolute atomic E-state index is 12.4. The van der Waals surface area contributed by atoms with Crippen LogP contribution in [-0.2, 0) is 9.53 Å². The summed E-state index contributed by atoms with van der Waals surface area (Å²) in [7, 11) is 0. The van der Waals surface area contributed by atoms with Gasteiger partial charge in [0.05, 0.1) is 18.2 Å². The molecule has 0 saturated carbocycles. The summed E-state index contributed by atoms with van der Waals surface area (Å²) in [6, 6.07) is 1.37. The van der Waals surface area contributed by atoms with Crippen LogP contribution in [0.5, 0.6) is 11.6 Å². The molecule has 1 aromatic rings. The minimum absolute atomic E-state index is 0.0632. The Morgan fingerprint density at radius 3 is 2.52 bits per heavy atom. The summed E-state index contributed by atoms with van der Waals surface area (Å²) < 4.78 is 15.8. The van der Waals surface area contributed by atoms with Crippen molar-refractivity contribution in [3.05, 3.63) is 41.1 Å². The first-order valence-electron chi connectivity index (χ1n) is 9.96. The molecular weight excluding hydrogens is 402 g/mol. The van der Waals surface area contributed by atoms with Gasteiger partial charge in [0.1, 0.15) is 6.61 Å². The predicted octanol–water partition coefficient (Wildman–Crippen LogP) is 3.29. The Morgan fingerprint density at radius 2 is 1.90 bits per heavy atom. The summed E-state index contributed by atoms with van der Waals surface area (Å²) in [6.45, 7) is 9.36. The van der Waals surface area contributed by atoms with Gasteiger partial charge in [0.15, 0.2) is 5.75 Å². The number of ether oxygens (including phenoxy) is 3. The van der Waals surface area contributed by atoms with Gasteiger partial charge >= 0.3 is 12.1 Å². The van der Waals surface area contributed by atoms with E-state index in [1.165, 1.54) is 17.8 Å². The zero-order chi connectivity index (χ0) is 23.4. The monoisotopic (exact) mass is 433 g/mol. The van der Waals surface area contributed by atoms with Crippen LogP contribution in [0.3, 0.4) is 0 Å². The number of rotatable bonds is 10. The fraction of sp³-hybridized carbons (Fsp3) is 0.455. The molecule has 0 aromatic carbocycles. The van der Waals surface area contributed by atoms with Crippen LogP contribution in [0.15, 0.2) is 35.6 Å². The van der Waals surface area contributed by atoms with Gasteiger partial charge in [0.2, 0.25) is 5.91 Å². The van der Waals surface area contributed by atoms with Crippen LogP contribution in [-0.4, -0.2) is 42.2 Å². The van der Waals surface area contributed by atoms with Gasteiger partial charge in [0, 0.05) is 12.3 Å². The summed E-state index contributed by atoms with van der Waals surface area (Å²) >= 11 is 0. The number of hydrogen-bond donors (Lipinski definition) is 2. The number of nitrogens with zero attached hydrogens (tertiary/aromatic N) is 1. The van der Waals surface area contributed by atoms with E-state index in [0.717, 1.165) is 18.4 Å². The highest BCUT2D eigenvalue weighted by Crippen LogP contribution is 2.27. The smallest absolute Gasteiger partial charge is 0.420 e. The second-order valence-corrected chi connectivity index (χ2v) is 7.30. The van der Waals surface area contributed by atoms with Gasteiger partial charge in [-0.1, -0.05) is 17.2 Å². The molecule has 0 unspecified atom stereocenters. The highest BCUT2D eigenvalue weighted by Gasteiger charge is 2.18. The van der Waals surface area contributed by atoms with Crippen molar-refractivity contribution >= 4 is 18.0 Å². The third-order valence-electron chi connectivity index (χ3n) is 3.77. The number of pyridine rings is 1. The topological polar surface area (TPSA) is 130 Å². The molecule has 0 radical (unpaired) electrons. The van der Waals surface area contributed by atoms with Crippen molar-refractivity contribution in [1.82, 2.24) is 10.3 Å². The Labute approximate surface area is 182 Å². The van der Waals surface area contributed by atoms with E-state index >= 15 is 0 Å². The molecule has 0 bridgehead atoms. The number of aromatic nitrogens is 1. The van der Waals surface area contributed by atoms with Crippen molar-refractivity contribution in [3.8, 4) is 11.6 Å². The SMILES string of the molecule is CC(C)=CCC/C(C)=C/COC(=O)c1cnc(OC(=O)NC(=O)CN)c(OC(C)C)c1. The van der Waals surface area contributed by atoms with E-state index in [9.17, 15) is 14.4 Å². The van der Waals surface area contributed by atoms with Crippen LogP contribution in [0.4, 0.5) is 4.79 Å². The first-order valence-corrected chi connectivity index (χ1v) is 9.96. The lowest BCUT2D eigenvalue weighted by Gasteiger charge is -2.14. The van der Waals surface area contributed by atoms with Crippen molar-refractivity contribution < 1.29 is 28.6 Å². The van der Waals surface area contributed by atoms with E-state index in [4.69, 9.17) is 19.9 Å². The number of nitrogens with one attached hydrogen (secondary N) is 1. The van der Waals surface area contributed by atoms with E-state index in [1.807, 2.05) is 18.3 Å². The predicted molar refractivity (Wildman–Crippen MR) is 116 cm³/mol. The van der Waals surface area contributed by atoms with Crippen molar-refractivity contribution in [2.45, 2.75) is 53.6 Å². The standard InChI is InChI=1S/C22H31N3O6/c1-14(2)7-6-8-16(5)9-10-29-21(27)17-11-18(30-15(3)4)20(24-13-17)31-22(28)25-19(26)12-23/h7,9,11,13,15H,6,8,10,12,23H2,1-5H3,(H,25,26,28)/b16-9+. The fourth-order valence-corrected chi connectivity index (χ4v) is 2.27. The Balaban J connectivity index is 2.81. The van der Waals surface area contributed by atoms with Crippen LogP contribution >= 0.6 is 0 Å². The Hall–Kier alpha value is -3.20. The Morgan fingerprint density at radius 1 is 1.19 bits per heavy atom. The lowest BCUT2D eigenvalue weighted by molar-refractivity contribution is -0.118. The third-order valence-corrected chi connectivity index (χ3v) is 3.77. The molecule has 0 aliphatic carbocycles. The third kappa shape index (κ3) is 10.4. The van der Waals surface area contributed by atoms with Crippen LogP contribution < -0.4 is 20.5 Å². The second-order valence-electron chi connectivity index (χ2n) is 7.30. The molecule has 0 spiro atoms. The molecule has 9 nitrogen and oxygen atoms in total. The Kier molecular flexibility index (Phi) is 11.0. The van der Waals surface area contributed by atoms with Crippen LogP contribution in [0.1, 0.15) is 57.8 Å². The molecule has 0 atom stereocenters. The zero-order valence-corrected chi connectivity index (χ0v) is 18.7. The van der Waals surface area contributed by atoms with E-state index in [2.05, 4.69) is 24.9 Å². The average molecular weight is 434 g/mol. The van der Waals surface area contributed by atoms with Gasteiger partial charge in [-0.3, -0.25) is 10.1 Å². The van der Waals surface area contributed by atoms with Gasteiger partial charge in [0.25, 0.3) is 5.88 Å². The fourth-order valence-electron chi connectivity index (χ4n) is 2.27. The van der Waals surface area contributed by atoms with Crippen LogP contribution in [0, 0.1) is 0 Å². The van der Waals surface area contributed by atoms with Gasteiger partial charge in [-0.15, -0.1) is 0 Å². The lowest BCUT2D eigenvalue weighted by atomic mass is 10.1. The molecule has 0 aliphatic rings. The lowest BCUT2D eigenvalue weighted by Crippen LogP contribution is -2.37. The number of amides is 2. The van der Waals surface area contributed by atoms with Crippen molar-refractivity contribution in [2.75, 3.05) is 13.2 Å². The average Bonchev–Trinajstić information content (AvgIpc) is 2.68. The summed E-state index contributed by atoms with van der Waals surface area (Å²) in [5.41, 5.74) is 7.66. The molecule has 3 N–H and O–H groups in total. The van der Waals surface area contributed by atoms with Crippen LogP contribution in [0.2, 0.25) is 0 Å². The molecule has 170 valence electrons. The normalized spacial score (nSPS) is 11.0. The number of carbonyl (C=O) groups excluding carboxylic acids is 3. The van der Waals surface area contributed by atoms with Gasteiger partial charge < -0.3 is 19.9 Å². The van der Waals surface area contributed by atoms with Gasteiger partial charge in [-0.25, -0.2) is 14.6 Å². The maximum atomic E-state index is 12.4. The van der Waals surface area contributed by atoms with Crippen molar-refractivity contribution in [2.24, 2.45) is 5.73 Å². The molecule has 9 heteroatoms. The van der Waals surface area contributed by atoms with E-state index < -0.39 is 18.0 Å². The molecule has 1 heterocycles. The number of allylic oxidation sites excluding steroid dienone is 3. The first kappa shape index (κ1) is 25.8. The van der Waals surface area contributed by atoms with Crippen LogP contribution in [0.25, 0.3) is 0 Å². The maximum Gasteiger partial charge on any atom is 0.420 e. The summed E-state index contributed by atoms with van der Waals surface area (Å²) in [4.78, 5) is 39.2. The van der Waals surface area contributed by atoms with E-state index in [0.29, 0.717) is 0 Å².